The fourth-order valence-electron chi connectivity index (χ4n) is 4.29. The van der Waals surface area contributed by atoms with E-state index in [0.717, 1.165) is 56.2 Å². The maximum absolute atomic E-state index is 5.66. The number of benzene rings is 2. The summed E-state index contributed by atoms with van der Waals surface area (Å²) in [6.45, 7) is 10.5. The van der Waals surface area contributed by atoms with E-state index in [-0.39, 0.29) is 0 Å². The number of aromatic nitrogens is 2. The average molecular weight is 514 g/mol. The number of rotatable bonds is 6. The summed E-state index contributed by atoms with van der Waals surface area (Å²) in [4.78, 5) is 18.6. The monoisotopic (exact) mass is 513 g/mol. The van der Waals surface area contributed by atoms with E-state index in [9.17, 15) is 0 Å². The molecule has 192 valence electrons. The summed E-state index contributed by atoms with van der Waals surface area (Å²) >= 11 is 5.66. The second-order valence-electron chi connectivity index (χ2n) is 9.08. The molecular formula is C29H35N7S. The molecule has 4 rings (SSSR count). The van der Waals surface area contributed by atoms with Crippen molar-refractivity contribution in [2.45, 2.75) is 27.2 Å². The smallest absolute Gasteiger partial charge is 0.229 e. The zero-order valence-electron chi connectivity index (χ0n) is 21.8. The number of anilines is 2. The Bertz CT molecular complexity index is 1230. The van der Waals surface area contributed by atoms with Gasteiger partial charge in [0.15, 0.2) is 0 Å². The SMILES string of the molecule is CCc1ccccc1NC(=S)/N=C(/Nc1nc(C)cc(C)n1)N1CCN(C/C=C/c2ccccc2)CC1. The third kappa shape index (κ3) is 7.93. The van der Waals surface area contributed by atoms with Crippen LogP contribution in [0.25, 0.3) is 6.08 Å². The number of piperazine rings is 1. The maximum Gasteiger partial charge on any atom is 0.229 e. The molecule has 0 spiro atoms. The summed E-state index contributed by atoms with van der Waals surface area (Å²) in [5, 5.41) is 7.06. The number of hydrogen-bond acceptors (Lipinski definition) is 4. The summed E-state index contributed by atoms with van der Waals surface area (Å²) in [6.07, 6.45) is 5.32. The first kappa shape index (κ1) is 26.4. The van der Waals surface area contributed by atoms with Gasteiger partial charge in [0.25, 0.3) is 0 Å². The summed E-state index contributed by atoms with van der Waals surface area (Å²) in [7, 11) is 0. The fraction of sp³-hybridized carbons (Fsp3) is 0.310. The van der Waals surface area contributed by atoms with Gasteiger partial charge in [-0.2, -0.15) is 4.99 Å². The molecule has 37 heavy (non-hydrogen) atoms. The molecule has 2 heterocycles. The number of aryl methyl sites for hydroxylation is 3. The molecule has 1 aliphatic rings. The van der Waals surface area contributed by atoms with Gasteiger partial charge < -0.3 is 10.2 Å². The Kier molecular flexibility index (Phi) is 9.35. The van der Waals surface area contributed by atoms with Gasteiger partial charge in [-0.1, -0.05) is 67.6 Å². The van der Waals surface area contributed by atoms with E-state index in [0.29, 0.717) is 17.0 Å². The van der Waals surface area contributed by atoms with Gasteiger partial charge in [0, 0.05) is 49.8 Å². The summed E-state index contributed by atoms with van der Waals surface area (Å²) < 4.78 is 0. The van der Waals surface area contributed by atoms with Crippen molar-refractivity contribution >= 4 is 41.0 Å². The Hall–Kier alpha value is -3.62. The quantitative estimate of drug-likeness (QED) is 0.268. The van der Waals surface area contributed by atoms with E-state index in [1.807, 2.05) is 44.2 Å². The molecule has 0 atom stereocenters. The van der Waals surface area contributed by atoms with Gasteiger partial charge in [0.1, 0.15) is 0 Å². The molecule has 1 aromatic heterocycles. The molecule has 7 nitrogen and oxygen atoms in total. The zero-order chi connectivity index (χ0) is 26.0. The number of hydrogen-bond donors (Lipinski definition) is 2. The topological polar surface area (TPSA) is 68.7 Å². The normalized spacial score (nSPS) is 14.7. The van der Waals surface area contributed by atoms with E-state index < -0.39 is 0 Å². The van der Waals surface area contributed by atoms with Crippen molar-refractivity contribution in [2.24, 2.45) is 4.99 Å². The number of para-hydroxylation sites is 1. The highest BCUT2D eigenvalue weighted by Crippen LogP contribution is 2.16. The fourth-order valence-corrected chi connectivity index (χ4v) is 4.49. The molecule has 2 N–H and O–H groups in total. The van der Waals surface area contributed by atoms with Crippen LogP contribution in [0.1, 0.15) is 29.4 Å². The molecule has 1 fully saturated rings. The summed E-state index contributed by atoms with van der Waals surface area (Å²) in [5.41, 5.74) is 5.21. The van der Waals surface area contributed by atoms with Crippen molar-refractivity contribution < 1.29 is 0 Å². The first-order valence-electron chi connectivity index (χ1n) is 12.8. The predicted octanol–water partition coefficient (Wildman–Crippen LogP) is 5.15. The Morgan fingerprint density at radius 1 is 0.946 bits per heavy atom. The van der Waals surface area contributed by atoms with E-state index in [2.05, 4.69) is 79.8 Å². The van der Waals surface area contributed by atoms with Crippen LogP contribution in [-0.2, 0) is 6.42 Å². The standard InChI is InChI=1S/C29H35N7S/c1-4-25-14-8-9-15-26(25)32-29(37)34-28(33-27-30-22(2)21-23(3)31-27)36-19-17-35(18-20-36)16-10-13-24-11-6-5-7-12-24/h5-15,21H,4,16-20H2,1-3H3,(H2,30,31,32,33,34,37)/b13-10+. The van der Waals surface area contributed by atoms with E-state index in [1.54, 1.807) is 0 Å². The molecule has 0 radical (unpaired) electrons. The van der Waals surface area contributed by atoms with Crippen LogP contribution in [0.4, 0.5) is 11.6 Å². The van der Waals surface area contributed by atoms with E-state index in [1.165, 1.54) is 11.1 Å². The first-order valence-corrected chi connectivity index (χ1v) is 13.2. The van der Waals surface area contributed by atoms with Crippen molar-refractivity contribution in [1.29, 1.82) is 0 Å². The maximum atomic E-state index is 5.66. The molecule has 0 amide bonds. The van der Waals surface area contributed by atoms with Crippen LogP contribution >= 0.6 is 12.2 Å². The van der Waals surface area contributed by atoms with Crippen molar-refractivity contribution in [1.82, 2.24) is 19.8 Å². The highest BCUT2D eigenvalue weighted by Gasteiger charge is 2.21. The third-order valence-corrected chi connectivity index (χ3v) is 6.39. The van der Waals surface area contributed by atoms with Crippen molar-refractivity contribution in [3.63, 3.8) is 0 Å². The van der Waals surface area contributed by atoms with Crippen LogP contribution in [0.15, 0.2) is 71.7 Å². The molecular weight excluding hydrogens is 478 g/mol. The minimum Gasteiger partial charge on any atom is -0.340 e. The highest BCUT2D eigenvalue weighted by molar-refractivity contribution is 7.80. The first-order chi connectivity index (χ1) is 18.0. The minimum atomic E-state index is 0.404. The van der Waals surface area contributed by atoms with Crippen LogP contribution in [0, 0.1) is 13.8 Å². The van der Waals surface area contributed by atoms with Crippen LogP contribution in [0.3, 0.4) is 0 Å². The molecule has 1 aliphatic heterocycles. The molecule has 2 aromatic carbocycles. The lowest BCUT2D eigenvalue weighted by molar-refractivity contribution is 0.198. The Labute approximate surface area is 225 Å². The van der Waals surface area contributed by atoms with Gasteiger partial charge in [0.2, 0.25) is 17.0 Å². The highest BCUT2D eigenvalue weighted by atomic mass is 32.1. The Balaban J connectivity index is 1.45. The Morgan fingerprint density at radius 2 is 1.62 bits per heavy atom. The number of nitrogens with one attached hydrogen (secondary N) is 2. The van der Waals surface area contributed by atoms with E-state index >= 15 is 0 Å². The number of aliphatic imine (C=N–C) groups is 1. The lowest BCUT2D eigenvalue weighted by atomic mass is 10.1. The van der Waals surface area contributed by atoms with Crippen LogP contribution in [0.5, 0.6) is 0 Å². The Morgan fingerprint density at radius 3 is 2.32 bits per heavy atom. The average Bonchev–Trinajstić information content (AvgIpc) is 2.89. The second-order valence-corrected chi connectivity index (χ2v) is 9.46. The zero-order valence-corrected chi connectivity index (χ0v) is 22.6. The number of guanidine groups is 1. The molecule has 3 aromatic rings. The molecule has 0 bridgehead atoms. The third-order valence-electron chi connectivity index (χ3n) is 6.20. The van der Waals surface area contributed by atoms with Crippen LogP contribution in [0.2, 0.25) is 0 Å². The van der Waals surface area contributed by atoms with Gasteiger partial charge >= 0.3 is 0 Å². The second kappa shape index (κ2) is 13.1. The lowest BCUT2D eigenvalue weighted by Gasteiger charge is -2.35. The number of nitrogens with zero attached hydrogens (tertiary/aromatic N) is 5. The van der Waals surface area contributed by atoms with Crippen molar-refractivity contribution in [3.05, 3.63) is 89.3 Å². The van der Waals surface area contributed by atoms with Gasteiger partial charge in [-0.15, -0.1) is 0 Å². The van der Waals surface area contributed by atoms with Crippen LogP contribution < -0.4 is 10.6 Å². The largest absolute Gasteiger partial charge is 0.340 e. The van der Waals surface area contributed by atoms with Gasteiger partial charge in [-0.3, -0.25) is 10.2 Å². The molecule has 1 saturated heterocycles. The minimum absolute atomic E-state index is 0.404. The molecule has 0 aliphatic carbocycles. The van der Waals surface area contributed by atoms with Gasteiger partial charge in [-0.25, -0.2) is 9.97 Å². The van der Waals surface area contributed by atoms with Gasteiger partial charge in [-0.05, 0) is 55.7 Å². The summed E-state index contributed by atoms with van der Waals surface area (Å²) in [6, 6.07) is 20.5. The van der Waals surface area contributed by atoms with Gasteiger partial charge in [0.05, 0.1) is 0 Å². The molecule has 0 saturated carbocycles. The van der Waals surface area contributed by atoms with Crippen molar-refractivity contribution in [3.8, 4) is 0 Å². The molecule has 0 unspecified atom stereocenters. The van der Waals surface area contributed by atoms with Crippen molar-refractivity contribution in [2.75, 3.05) is 43.4 Å². The summed E-state index contributed by atoms with van der Waals surface area (Å²) in [5.74, 6) is 1.19. The predicted molar refractivity (Wildman–Crippen MR) is 158 cm³/mol. The number of thiocarbonyl (C=S) groups is 1. The molecule has 8 heteroatoms. The van der Waals surface area contributed by atoms with Crippen LogP contribution in [-0.4, -0.2) is 63.6 Å². The lowest BCUT2D eigenvalue weighted by Crippen LogP contribution is -2.51. The van der Waals surface area contributed by atoms with E-state index in [4.69, 9.17) is 17.2 Å².